The summed E-state index contributed by atoms with van der Waals surface area (Å²) in [5.74, 6) is 0.471. The van der Waals surface area contributed by atoms with Gasteiger partial charge in [0.15, 0.2) is 0 Å². The summed E-state index contributed by atoms with van der Waals surface area (Å²) in [5.41, 5.74) is 1.01. The summed E-state index contributed by atoms with van der Waals surface area (Å²) < 4.78 is 39.9. The third-order valence-corrected chi connectivity index (χ3v) is 8.06. The van der Waals surface area contributed by atoms with Crippen molar-refractivity contribution in [3.63, 3.8) is 0 Å². The van der Waals surface area contributed by atoms with Crippen LogP contribution in [0.4, 0.5) is 18.0 Å². The molecule has 1 aromatic rings. The van der Waals surface area contributed by atoms with Crippen LogP contribution in [-0.2, 0) is 6.54 Å². The van der Waals surface area contributed by atoms with Gasteiger partial charge in [0.25, 0.3) is 0 Å². The number of carboxylic acid groups (broad SMARTS) is 1. The highest BCUT2D eigenvalue weighted by Gasteiger charge is 2.58. The van der Waals surface area contributed by atoms with Crippen molar-refractivity contribution in [1.82, 2.24) is 14.7 Å². The molecule has 2 aliphatic heterocycles. The minimum atomic E-state index is -4.21. The summed E-state index contributed by atoms with van der Waals surface area (Å²) in [7, 11) is 0. The van der Waals surface area contributed by atoms with E-state index >= 15 is 0 Å². The summed E-state index contributed by atoms with van der Waals surface area (Å²) in [6.45, 7) is 4.50. The summed E-state index contributed by atoms with van der Waals surface area (Å²) >= 11 is 0. The van der Waals surface area contributed by atoms with E-state index in [0.29, 0.717) is 31.6 Å². The van der Waals surface area contributed by atoms with Gasteiger partial charge >= 0.3 is 12.3 Å². The first-order valence-corrected chi connectivity index (χ1v) is 11.8. The Hall–Kier alpha value is -1.80. The van der Waals surface area contributed by atoms with E-state index in [1.54, 1.807) is 9.80 Å². The Balaban J connectivity index is 1.36. The number of benzene rings is 1. The maximum atomic E-state index is 13.3. The number of alkyl halides is 3. The van der Waals surface area contributed by atoms with Crippen LogP contribution in [0.2, 0.25) is 0 Å². The highest BCUT2D eigenvalue weighted by Crippen LogP contribution is 2.56. The Labute approximate surface area is 188 Å². The first-order chi connectivity index (χ1) is 15.2. The van der Waals surface area contributed by atoms with E-state index in [1.807, 2.05) is 30.3 Å². The highest BCUT2D eigenvalue weighted by atomic mass is 19.4. The van der Waals surface area contributed by atoms with Crippen LogP contribution in [0.25, 0.3) is 0 Å². The van der Waals surface area contributed by atoms with Crippen molar-refractivity contribution in [2.45, 2.75) is 63.8 Å². The van der Waals surface area contributed by atoms with Crippen molar-refractivity contribution in [2.75, 3.05) is 32.7 Å². The van der Waals surface area contributed by atoms with Crippen LogP contribution in [0.1, 0.15) is 44.6 Å². The Morgan fingerprint density at radius 3 is 2.44 bits per heavy atom. The molecule has 2 saturated heterocycles. The molecule has 0 aromatic heterocycles. The van der Waals surface area contributed by atoms with Crippen LogP contribution < -0.4 is 0 Å². The van der Waals surface area contributed by atoms with Crippen molar-refractivity contribution in [1.29, 1.82) is 0 Å². The molecule has 1 aliphatic carbocycles. The van der Waals surface area contributed by atoms with E-state index in [4.69, 9.17) is 0 Å². The Morgan fingerprint density at radius 1 is 1.19 bits per heavy atom. The van der Waals surface area contributed by atoms with Crippen molar-refractivity contribution in [3.05, 3.63) is 35.9 Å². The molecule has 1 amide bonds. The van der Waals surface area contributed by atoms with Gasteiger partial charge in [-0.2, -0.15) is 13.2 Å². The lowest BCUT2D eigenvalue weighted by Crippen LogP contribution is -2.62. The van der Waals surface area contributed by atoms with Crippen LogP contribution >= 0.6 is 0 Å². The molecule has 1 spiro atoms. The molecule has 0 radical (unpaired) electrons. The number of carbonyl (C=O) groups is 1. The molecule has 8 heteroatoms. The van der Waals surface area contributed by atoms with Gasteiger partial charge < -0.3 is 10.0 Å². The third kappa shape index (κ3) is 4.91. The van der Waals surface area contributed by atoms with Gasteiger partial charge in [-0.15, -0.1) is 0 Å². The van der Waals surface area contributed by atoms with Crippen molar-refractivity contribution < 1.29 is 23.1 Å². The normalized spacial score (nSPS) is 29.6. The average Bonchev–Trinajstić information content (AvgIpc) is 3.20. The van der Waals surface area contributed by atoms with Crippen LogP contribution in [0, 0.1) is 11.3 Å². The maximum absolute atomic E-state index is 13.3. The predicted octanol–water partition coefficient (Wildman–Crippen LogP) is 4.68. The lowest BCUT2D eigenvalue weighted by molar-refractivity contribution is -0.156. The summed E-state index contributed by atoms with van der Waals surface area (Å²) in [5, 5.41) is 9.34. The second-order valence-corrected chi connectivity index (χ2v) is 9.88. The van der Waals surface area contributed by atoms with Gasteiger partial charge in [-0.1, -0.05) is 43.7 Å². The van der Waals surface area contributed by atoms with Crippen molar-refractivity contribution >= 4 is 6.09 Å². The molecule has 3 fully saturated rings. The maximum Gasteiger partial charge on any atom is 0.407 e. The molecular weight excluding hydrogens is 419 g/mol. The summed E-state index contributed by atoms with van der Waals surface area (Å²) in [6.07, 6.45) is -0.597. The third-order valence-electron chi connectivity index (χ3n) is 8.06. The van der Waals surface area contributed by atoms with Gasteiger partial charge in [0.2, 0.25) is 0 Å². The number of halogens is 3. The second kappa shape index (κ2) is 9.21. The van der Waals surface area contributed by atoms with Crippen molar-refractivity contribution in [3.8, 4) is 0 Å². The molecule has 1 aromatic carbocycles. The Morgan fingerprint density at radius 2 is 1.88 bits per heavy atom. The van der Waals surface area contributed by atoms with Gasteiger partial charge in [0.05, 0.1) is 6.54 Å². The molecule has 1 N–H and O–H groups in total. The fourth-order valence-electron chi connectivity index (χ4n) is 6.52. The molecule has 178 valence electrons. The minimum absolute atomic E-state index is 0.0730. The Kier molecular flexibility index (Phi) is 6.73. The molecular formula is C24H34F3N3O2. The number of hydrogen-bond acceptors (Lipinski definition) is 3. The molecule has 1 saturated carbocycles. The number of piperidine rings is 1. The zero-order valence-corrected chi connectivity index (χ0v) is 18.7. The number of amides is 1. The van der Waals surface area contributed by atoms with Crippen LogP contribution in [0.3, 0.4) is 0 Å². The Bertz CT molecular complexity index is 782. The number of nitrogens with zero attached hydrogens (tertiary/aromatic N) is 3. The quantitative estimate of drug-likeness (QED) is 0.679. The number of hydrogen-bond donors (Lipinski definition) is 1. The lowest BCUT2D eigenvalue weighted by Gasteiger charge is -2.58. The molecule has 3 atom stereocenters. The van der Waals surface area contributed by atoms with Crippen LogP contribution in [0.15, 0.2) is 30.3 Å². The first-order valence-electron chi connectivity index (χ1n) is 11.8. The first kappa shape index (κ1) is 23.4. The van der Waals surface area contributed by atoms with E-state index < -0.39 is 18.8 Å². The highest BCUT2D eigenvalue weighted by molar-refractivity contribution is 5.65. The minimum Gasteiger partial charge on any atom is -0.465 e. The molecule has 5 nitrogen and oxygen atoms in total. The predicted molar refractivity (Wildman–Crippen MR) is 116 cm³/mol. The van der Waals surface area contributed by atoms with Gasteiger partial charge in [-0.05, 0) is 55.7 Å². The summed E-state index contributed by atoms with van der Waals surface area (Å²) in [6, 6.07) is 9.76. The average molecular weight is 454 g/mol. The fraction of sp³-hybridized carbons (Fsp3) is 0.708. The zero-order chi connectivity index (χ0) is 22.9. The van der Waals surface area contributed by atoms with Gasteiger partial charge in [0, 0.05) is 31.7 Å². The molecule has 0 bridgehead atoms. The molecule has 3 aliphatic rings. The topological polar surface area (TPSA) is 47.0 Å². The molecule has 32 heavy (non-hydrogen) atoms. The van der Waals surface area contributed by atoms with E-state index in [0.717, 1.165) is 50.8 Å². The standard InChI is InChI=1S/C24H34F3N3O2/c1-2-20-21(14-23(20)10-13-29(16-23)22(31)32)28-11-8-19(9-12-28)30(17-24(25,26)27)15-18-6-4-3-5-7-18/h3-7,19-21H,2,8-17H2,1H3,(H,31,32). The molecule has 3 unspecified atom stereocenters. The number of likely N-dealkylation sites (tertiary alicyclic amines) is 2. The van der Waals surface area contributed by atoms with Gasteiger partial charge in [-0.3, -0.25) is 9.80 Å². The van der Waals surface area contributed by atoms with Crippen LogP contribution in [0.5, 0.6) is 0 Å². The van der Waals surface area contributed by atoms with E-state index in [9.17, 15) is 23.1 Å². The van der Waals surface area contributed by atoms with Crippen molar-refractivity contribution in [2.24, 2.45) is 11.3 Å². The molecule has 2 heterocycles. The van der Waals surface area contributed by atoms with E-state index in [1.165, 1.54) is 0 Å². The van der Waals surface area contributed by atoms with Crippen LogP contribution in [-0.4, -0.2) is 76.9 Å². The van der Waals surface area contributed by atoms with E-state index in [2.05, 4.69) is 11.8 Å². The zero-order valence-electron chi connectivity index (χ0n) is 18.7. The SMILES string of the molecule is CCC1C(N2CCC(N(Cc3ccccc3)CC(F)(F)F)CC2)CC12CCN(C(=O)O)C2. The molecule has 4 rings (SSSR count). The van der Waals surface area contributed by atoms with Gasteiger partial charge in [0.1, 0.15) is 0 Å². The number of rotatable bonds is 6. The summed E-state index contributed by atoms with van der Waals surface area (Å²) in [4.78, 5) is 17.0. The monoisotopic (exact) mass is 453 g/mol. The van der Waals surface area contributed by atoms with Gasteiger partial charge in [-0.25, -0.2) is 4.79 Å². The van der Waals surface area contributed by atoms with E-state index in [-0.39, 0.29) is 11.5 Å². The lowest BCUT2D eigenvalue weighted by atomic mass is 9.54. The fourth-order valence-corrected chi connectivity index (χ4v) is 6.52. The largest absolute Gasteiger partial charge is 0.465 e. The smallest absolute Gasteiger partial charge is 0.407 e. The second-order valence-electron chi connectivity index (χ2n) is 9.88.